The summed E-state index contributed by atoms with van der Waals surface area (Å²) in [6, 6.07) is 2.07. The number of hydrogen-bond donors (Lipinski definition) is 1. The second-order valence-electron chi connectivity index (χ2n) is 4.13. The molecular weight excluding hydrogens is 208 g/mol. The van der Waals surface area contributed by atoms with Gasteiger partial charge in [0.1, 0.15) is 0 Å². The zero-order valence-electron chi connectivity index (χ0n) is 9.13. The average molecular weight is 224 g/mol. The molecule has 1 fully saturated rings. The minimum absolute atomic E-state index is 0.0704. The molecule has 0 spiro atoms. The summed E-state index contributed by atoms with van der Waals surface area (Å²) in [5, 5.41) is 17.7. The molecule has 6 heteroatoms. The summed E-state index contributed by atoms with van der Waals surface area (Å²) in [6.07, 6.45) is 6.31. The number of rotatable bonds is 5. The van der Waals surface area contributed by atoms with Gasteiger partial charge in [-0.15, -0.1) is 0 Å². The minimum atomic E-state index is -0.463. The van der Waals surface area contributed by atoms with Crippen LogP contribution in [-0.2, 0) is 6.54 Å². The molecule has 2 rings (SSSR count). The molecule has 0 aromatic carbocycles. The predicted molar refractivity (Wildman–Crippen MR) is 59.1 cm³/mol. The van der Waals surface area contributed by atoms with Gasteiger partial charge >= 0.3 is 5.82 Å². The number of aryl methyl sites for hydroxylation is 1. The van der Waals surface area contributed by atoms with Crippen molar-refractivity contribution in [2.24, 2.45) is 0 Å². The van der Waals surface area contributed by atoms with Crippen LogP contribution < -0.4 is 5.32 Å². The lowest BCUT2D eigenvalue weighted by Crippen LogP contribution is -2.21. The van der Waals surface area contributed by atoms with E-state index in [9.17, 15) is 10.1 Å². The maximum absolute atomic E-state index is 10.4. The van der Waals surface area contributed by atoms with E-state index in [1.54, 1.807) is 10.9 Å². The number of aromatic nitrogens is 2. The molecule has 0 bridgehead atoms. The molecule has 0 aliphatic carbocycles. The van der Waals surface area contributed by atoms with E-state index in [1.165, 1.54) is 18.9 Å². The average Bonchev–Trinajstić information content (AvgIpc) is 2.87. The number of nitrogens with one attached hydrogen (secondary N) is 1. The SMILES string of the molecule is O=[N+]([O-])c1ccn(CCCC2CCCN2)n1. The molecule has 1 aromatic rings. The van der Waals surface area contributed by atoms with Gasteiger partial charge in [0.25, 0.3) is 0 Å². The Morgan fingerprint density at radius 3 is 3.19 bits per heavy atom. The van der Waals surface area contributed by atoms with Crippen molar-refractivity contribution >= 4 is 5.82 Å². The van der Waals surface area contributed by atoms with Gasteiger partial charge in [-0.05, 0) is 37.2 Å². The van der Waals surface area contributed by atoms with E-state index in [0.717, 1.165) is 25.9 Å². The Balaban J connectivity index is 1.74. The summed E-state index contributed by atoms with van der Waals surface area (Å²) in [5.41, 5.74) is 0. The zero-order valence-corrected chi connectivity index (χ0v) is 9.13. The summed E-state index contributed by atoms with van der Waals surface area (Å²) >= 11 is 0. The van der Waals surface area contributed by atoms with Gasteiger partial charge in [0.2, 0.25) is 0 Å². The highest BCUT2D eigenvalue weighted by atomic mass is 16.6. The number of nitro groups is 1. The summed E-state index contributed by atoms with van der Waals surface area (Å²) in [7, 11) is 0. The van der Waals surface area contributed by atoms with Crippen LogP contribution in [0.2, 0.25) is 0 Å². The third-order valence-electron chi connectivity index (χ3n) is 2.92. The molecular formula is C10H16N4O2. The first-order chi connectivity index (χ1) is 7.75. The first-order valence-corrected chi connectivity index (χ1v) is 5.67. The molecule has 88 valence electrons. The van der Waals surface area contributed by atoms with Crippen molar-refractivity contribution in [3.63, 3.8) is 0 Å². The predicted octanol–water partition coefficient (Wildman–Crippen LogP) is 1.32. The fourth-order valence-electron chi connectivity index (χ4n) is 2.08. The van der Waals surface area contributed by atoms with Gasteiger partial charge in [0, 0.05) is 6.04 Å². The van der Waals surface area contributed by atoms with Crippen molar-refractivity contribution in [2.45, 2.75) is 38.3 Å². The van der Waals surface area contributed by atoms with E-state index >= 15 is 0 Å². The Labute approximate surface area is 93.8 Å². The topological polar surface area (TPSA) is 73.0 Å². The Hall–Kier alpha value is -1.43. The van der Waals surface area contributed by atoms with Crippen LogP contribution in [0.1, 0.15) is 25.7 Å². The highest BCUT2D eigenvalue weighted by Gasteiger charge is 2.14. The van der Waals surface area contributed by atoms with Gasteiger partial charge < -0.3 is 15.4 Å². The van der Waals surface area contributed by atoms with E-state index in [1.807, 2.05) is 0 Å². The Morgan fingerprint density at radius 2 is 2.56 bits per heavy atom. The summed E-state index contributed by atoms with van der Waals surface area (Å²) in [4.78, 5) is 9.95. The molecule has 0 amide bonds. The van der Waals surface area contributed by atoms with Gasteiger partial charge in [-0.1, -0.05) is 0 Å². The van der Waals surface area contributed by atoms with Crippen molar-refractivity contribution in [1.29, 1.82) is 0 Å². The first kappa shape index (κ1) is 11.1. The Bertz CT molecular complexity index is 357. The molecule has 16 heavy (non-hydrogen) atoms. The quantitative estimate of drug-likeness (QED) is 0.604. The Morgan fingerprint density at radius 1 is 1.69 bits per heavy atom. The fraction of sp³-hybridized carbons (Fsp3) is 0.700. The van der Waals surface area contributed by atoms with Gasteiger partial charge in [0.05, 0.1) is 23.9 Å². The third-order valence-corrected chi connectivity index (χ3v) is 2.92. The summed E-state index contributed by atoms with van der Waals surface area (Å²) in [6.45, 7) is 1.88. The third kappa shape index (κ3) is 2.79. The zero-order chi connectivity index (χ0) is 11.4. The molecule has 1 N–H and O–H groups in total. The molecule has 0 saturated carbocycles. The van der Waals surface area contributed by atoms with E-state index in [-0.39, 0.29) is 5.82 Å². The van der Waals surface area contributed by atoms with Crippen LogP contribution in [0.25, 0.3) is 0 Å². The van der Waals surface area contributed by atoms with E-state index in [2.05, 4.69) is 10.4 Å². The number of nitrogens with zero attached hydrogens (tertiary/aromatic N) is 3. The van der Waals surface area contributed by atoms with Gasteiger partial charge in [-0.3, -0.25) is 0 Å². The highest BCUT2D eigenvalue weighted by Crippen LogP contribution is 2.12. The van der Waals surface area contributed by atoms with Crippen LogP contribution in [0.3, 0.4) is 0 Å². The van der Waals surface area contributed by atoms with Crippen LogP contribution >= 0.6 is 0 Å². The monoisotopic (exact) mass is 224 g/mol. The summed E-state index contributed by atoms with van der Waals surface area (Å²) in [5.74, 6) is -0.0704. The second-order valence-corrected chi connectivity index (χ2v) is 4.13. The minimum Gasteiger partial charge on any atom is -0.358 e. The highest BCUT2D eigenvalue weighted by molar-refractivity contribution is 5.13. The lowest BCUT2D eigenvalue weighted by atomic mass is 10.1. The molecule has 1 saturated heterocycles. The van der Waals surface area contributed by atoms with E-state index < -0.39 is 4.92 Å². The van der Waals surface area contributed by atoms with Crippen molar-refractivity contribution in [1.82, 2.24) is 15.1 Å². The molecule has 0 radical (unpaired) electrons. The van der Waals surface area contributed by atoms with Crippen LogP contribution in [0.15, 0.2) is 12.3 Å². The largest absolute Gasteiger partial charge is 0.389 e. The van der Waals surface area contributed by atoms with E-state index in [4.69, 9.17) is 0 Å². The van der Waals surface area contributed by atoms with Crippen LogP contribution in [0.5, 0.6) is 0 Å². The number of hydrogen-bond acceptors (Lipinski definition) is 4. The van der Waals surface area contributed by atoms with Crippen molar-refractivity contribution in [3.05, 3.63) is 22.4 Å². The smallest absolute Gasteiger partial charge is 0.358 e. The first-order valence-electron chi connectivity index (χ1n) is 5.67. The molecule has 1 aromatic heterocycles. The molecule has 6 nitrogen and oxygen atoms in total. The van der Waals surface area contributed by atoms with Crippen LogP contribution in [0.4, 0.5) is 5.82 Å². The van der Waals surface area contributed by atoms with Gasteiger partial charge in [-0.2, -0.15) is 4.68 Å². The van der Waals surface area contributed by atoms with Gasteiger partial charge in [0.15, 0.2) is 0 Å². The molecule has 1 unspecified atom stereocenters. The maximum Gasteiger partial charge on any atom is 0.389 e. The van der Waals surface area contributed by atoms with Crippen molar-refractivity contribution < 1.29 is 4.92 Å². The fourth-order valence-corrected chi connectivity index (χ4v) is 2.08. The Kier molecular flexibility index (Phi) is 3.51. The lowest BCUT2D eigenvalue weighted by molar-refractivity contribution is -0.389. The second kappa shape index (κ2) is 5.07. The van der Waals surface area contributed by atoms with E-state index in [0.29, 0.717) is 6.04 Å². The molecule has 1 aliphatic heterocycles. The normalized spacial score (nSPS) is 20.1. The van der Waals surface area contributed by atoms with Crippen molar-refractivity contribution in [2.75, 3.05) is 6.54 Å². The molecule has 1 aliphatic rings. The molecule has 1 atom stereocenters. The van der Waals surface area contributed by atoms with Crippen LogP contribution in [0, 0.1) is 10.1 Å². The standard InChI is InChI=1S/C10H16N4O2/c15-14(16)10-5-8-13(12-10)7-2-4-9-3-1-6-11-9/h5,8-9,11H,1-4,6-7H2. The van der Waals surface area contributed by atoms with Crippen molar-refractivity contribution in [3.8, 4) is 0 Å². The molecule has 2 heterocycles. The van der Waals surface area contributed by atoms with Gasteiger partial charge in [-0.25, -0.2) is 0 Å². The lowest BCUT2D eigenvalue weighted by Gasteiger charge is -2.08. The van der Waals surface area contributed by atoms with Crippen LogP contribution in [-0.4, -0.2) is 27.3 Å². The summed E-state index contributed by atoms with van der Waals surface area (Å²) < 4.78 is 1.65. The maximum atomic E-state index is 10.4.